The number of fused-ring (bicyclic) bond motifs is 1. The van der Waals surface area contributed by atoms with Crippen LogP contribution in [0.15, 0.2) is 28.8 Å². The van der Waals surface area contributed by atoms with Crippen molar-refractivity contribution in [3.8, 4) is 0 Å². The summed E-state index contributed by atoms with van der Waals surface area (Å²) in [6.07, 6.45) is 0.576. The summed E-state index contributed by atoms with van der Waals surface area (Å²) in [5, 5.41) is 3.97. The van der Waals surface area contributed by atoms with Gasteiger partial charge in [0.2, 0.25) is 0 Å². The highest BCUT2D eigenvalue weighted by atomic mass is 35.5. The molecule has 0 radical (unpaired) electrons. The van der Waals surface area contributed by atoms with Crippen molar-refractivity contribution in [3.05, 3.63) is 47.4 Å². The quantitative estimate of drug-likeness (QED) is 0.693. The van der Waals surface area contributed by atoms with Crippen LogP contribution in [-0.2, 0) is 13.0 Å². The van der Waals surface area contributed by atoms with E-state index in [2.05, 4.69) is 10.1 Å². The molecule has 1 aromatic carbocycles. The molecular formula is C14H13ClFN3O. The van der Waals surface area contributed by atoms with Gasteiger partial charge in [0.25, 0.3) is 0 Å². The maximum atomic E-state index is 13.8. The zero-order chi connectivity index (χ0) is 14.1. The number of aryl methyl sites for hydroxylation is 2. The van der Waals surface area contributed by atoms with Gasteiger partial charge in [0.05, 0.1) is 12.1 Å². The van der Waals surface area contributed by atoms with Gasteiger partial charge >= 0.3 is 0 Å². The van der Waals surface area contributed by atoms with Gasteiger partial charge in [-0.25, -0.2) is 9.37 Å². The van der Waals surface area contributed by atoms with Crippen LogP contribution in [-0.4, -0.2) is 20.6 Å². The number of para-hydroxylation sites is 1. The van der Waals surface area contributed by atoms with Crippen molar-refractivity contribution in [1.82, 2.24) is 14.7 Å². The first kappa shape index (κ1) is 13.1. The summed E-state index contributed by atoms with van der Waals surface area (Å²) in [4.78, 5) is 4.35. The molecule has 0 N–H and O–H groups in total. The minimum Gasteiger partial charge on any atom is -0.361 e. The van der Waals surface area contributed by atoms with E-state index in [1.165, 1.54) is 6.07 Å². The van der Waals surface area contributed by atoms with Crippen molar-refractivity contribution < 1.29 is 8.91 Å². The van der Waals surface area contributed by atoms with E-state index in [0.717, 1.165) is 22.8 Å². The number of benzene rings is 1. The van der Waals surface area contributed by atoms with Crippen LogP contribution in [0.5, 0.6) is 0 Å². The average Bonchev–Trinajstić information content (AvgIpc) is 2.97. The summed E-state index contributed by atoms with van der Waals surface area (Å²) in [7, 11) is 0. The second-order valence-corrected chi connectivity index (χ2v) is 4.97. The van der Waals surface area contributed by atoms with Crippen LogP contribution < -0.4 is 0 Å². The molecule has 0 amide bonds. The molecule has 104 valence electrons. The molecule has 6 heteroatoms. The van der Waals surface area contributed by atoms with E-state index in [1.54, 1.807) is 6.07 Å². The number of imidazole rings is 1. The van der Waals surface area contributed by atoms with Crippen LogP contribution in [0, 0.1) is 12.7 Å². The molecule has 0 saturated carbocycles. The Morgan fingerprint density at radius 2 is 2.25 bits per heavy atom. The SMILES string of the molecule is Cc1cc(Cn2c(CCCl)nc3c(F)cccc32)no1. The standard InChI is InChI=1S/C14H13ClFN3O/c1-9-7-10(18-20-9)8-19-12-4-2-3-11(16)14(12)17-13(19)5-6-15/h2-4,7H,5-6,8H2,1H3. The lowest BCUT2D eigenvalue weighted by molar-refractivity contribution is 0.389. The summed E-state index contributed by atoms with van der Waals surface area (Å²) < 4.78 is 20.8. The van der Waals surface area contributed by atoms with Crippen molar-refractivity contribution in [2.75, 3.05) is 5.88 Å². The monoisotopic (exact) mass is 293 g/mol. The molecule has 0 aliphatic heterocycles. The predicted molar refractivity (Wildman–Crippen MR) is 74.5 cm³/mol. The number of aromatic nitrogens is 3. The third-order valence-electron chi connectivity index (χ3n) is 3.12. The Morgan fingerprint density at radius 1 is 1.40 bits per heavy atom. The first-order chi connectivity index (χ1) is 9.69. The number of hydrogen-bond donors (Lipinski definition) is 0. The summed E-state index contributed by atoms with van der Waals surface area (Å²) >= 11 is 5.80. The van der Waals surface area contributed by atoms with Crippen molar-refractivity contribution in [3.63, 3.8) is 0 Å². The highest BCUT2D eigenvalue weighted by Crippen LogP contribution is 2.21. The fourth-order valence-electron chi connectivity index (χ4n) is 2.27. The Kier molecular flexibility index (Phi) is 3.44. The number of rotatable bonds is 4. The zero-order valence-electron chi connectivity index (χ0n) is 10.9. The first-order valence-electron chi connectivity index (χ1n) is 6.31. The molecule has 0 atom stereocenters. The number of halogens is 2. The van der Waals surface area contributed by atoms with E-state index in [1.807, 2.05) is 23.6 Å². The van der Waals surface area contributed by atoms with Gasteiger partial charge in [-0.15, -0.1) is 11.6 Å². The topological polar surface area (TPSA) is 43.9 Å². The largest absolute Gasteiger partial charge is 0.361 e. The van der Waals surface area contributed by atoms with Crippen molar-refractivity contribution in [2.45, 2.75) is 19.9 Å². The molecule has 20 heavy (non-hydrogen) atoms. The molecule has 0 aliphatic rings. The molecular weight excluding hydrogens is 281 g/mol. The van der Waals surface area contributed by atoms with Gasteiger partial charge in [0.15, 0.2) is 5.82 Å². The number of nitrogens with zero attached hydrogens (tertiary/aromatic N) is 3. The Morgan fingerprint density at radius 3 is 2.95 bits per heavy atom. The van der Waals surface area contributed by atoms with Crippen molar-refractivity contribution >= 4 is 22.6 Å². The van der Waals surface area contributed by atoms with Crippen LogP contribution in [0.3, 0.4) is 0 Å². The van der Waals surface area contributed by atoms with Gasteiger partial charge < -0.3 is 9.09 Å². The third-order valence-corrected chi connectivity index (χ3v) is 3.31. The number of alkyl halides is 1. The second kappa shape index (κ2) is 5.25. The molecule has 0 bridgehead atoms. The smallest absolute Gasteiger partial charge is 0.151 e. The first-order valence-corrected chi connectivity index (χ1v) is 6.84. The predicted octanol–water partition coefficient (Wildman–Crippen LogP) is 3.30. The molecule has 0 saturated heterocycles. The summed E-state index contributed by atoms with van der Waals surface area (Å²) in [5.74, 6) is 1.60. The molecule has 3 rings (SSSR count). The Hall–Kier alpha value is -1.88. The van der Waals surface area contributed by atoms with Gasteiger partial charge in [0, 0.05) is 18.4 Å². The summed E-state index contributed by atoms with van der Waals surface area (Å²) in [6.45, 7) is 2.32. The van der Waals surface area contributed by atoms with E-state index < -0.39 is 0 Å². The molecule has 4 nitrogen and oxygen atoms in total. The van der Waals surface area contributed by atoms with E-state index in [-0.39, 0.29) is 5.82 Å². The Labute approximate surface area is 120 Å². The highest BCUT2D eigenvalue weighted by molar-refractivity contribution is 6.17. The fraction of sp³-hybridized carbons (Fsp3) is 0.286. The van der Waals surface area contributed by atoms with Gasteiger partial charge in [-0.1, -0.05) is 11.2 Å². The van der Waals surface area contributed by atoms with Gasteiger partial charge in [0.1, 0.15) is 22.8 Å². The van der Waals surface area contributed by atoms with Crippen LogP contribution in [0.1, 0.15) is 17.3 Å². The summed E-state index contributed by atoms with van der Waals surface area (Å²) in [6, 6.07) is 6.78. The molecule has 0 aliphatic carbocycles. The maximum absolute atomic E-state index is 13.8. The number of hydrogen-bond acceptors (Lipinski definition) is 3. The van der Waals surface area contributed by atoms with Crippen LogP contribution >= 0.6 is 11.6 Å². The lowest BCUT2D eigenvalue weighted by Crippen LogP contribution is -2.06. The molecule has 0 fully saturated rings. The van der Waals surface area contributed by atoms with Crippen LogP contribution in [0.2, 0.25) is 0 Å². The normalized spacial score (nSPS) is 11.3. The molecule has 3 aromatic rings. The molecule has 0 unspecified atom stereocenters. The van der Waals surface area contributed by atoms with E-state index in [4.69, 9.17) is 16.1 Å². The van der Waals surface area contributed by atoms with Gasteiger partial charge in [-0.05, 0) is 19.1 Å². The Bertz CT molecular complexity index is 750. The van der Waals surface area contributed by atoms with Gasteiger partial charge in [-0.3, -0.25) is 0 Å². The molecule has 0 spiro atoms. The summed E-state index contributed by atoms with van der Waals surface area (Å²) in [5.41, 5.74) is 1.89. The van der Waals surface area contributed by atoms with E-state index >= 15 is 0 Å². The molecule has 2 heterocycles. The third kappa shape index (κ3) is 2.29. The fourth-order valence-corrected chi connectivity index (χ4v) is 2.44. The minimum atomic E-state index is -0.326. The second-order valence-electron chi connectivity index (χ2n) is 4.59. The zero-order valence-corrected chi connectivity index (χ0v) is 11.7. The Balaban J connectivity index is 2.11. The minimum absolute atomic E-state index is 0.326. The molecule has 2 aromatic heterocycles. The van der Waals surface area contributed by atoms with Gasteiger partial charge in [-0.2, -0.15) is 0 Å². The van der Waals surface area contributed by atoms with E-state index in [9.17, 15) is 4.39 Å². The van der Waals surface area contributed by atoms with Crippen molar-refractivity contribution in [1.29, 1.82) is 0 Å². The maximum Gasteiger partial charge on any atom is 0.151 e. The van der Waals surface area contributed by atoms with E-state index in [0.29, 0.717) is 24.4 Å². The average molecular weight is 294 g/mol. The highest BCUT2D eigenvalue weighted by Gasteiger charge is 2.14. The van der Waals surface area contributed by atoms with Crippen LogP contribution in [0.25, 0.3) is 11.0 Å². The van der Waals surface area contributed by atoms with Crippen molar-refractivity contribution in [2.24, 2.45) is 0 Å². The van der Waals surface area contributed by atoms with Crippen LogP contribution in [0.4, 0.5) is 4.39 Å². The lowest BCUT2D eigenvalue weighted by Gasteiger charge is -2.05. The lowest BCUT2D eigenvalue weighted by atomic mass is 10.3.